The van der Waals surface area contributed by atoms with Crippen LogP contribution in [0, 0.1) is 0 Å². The first-order chi connectivity index (χ1) is 10.0. The van der Waals surface area contributed by atoms with Crippen molar-refractivity contribution >= 4 is 44.8 Å². The van der Waals surface area contributed by atoms with Crippen molar-refractivity contribution in [3.8, 4) is 11.5 Å². The van der Waals surface area contributed by atoms with Gasteiger partial charge in [-0.3, -0.25) is 4.79 Å². The summed E-state index contributed by atoms with van der Waals surface area (Å²) in [6.07, 6.45) is 0. The van der Waals surface area contributed by atoms with E-state index >= 15 is 0 Å². The van der Waals surface area contributed by atoms with E-state index in [4.69, 9.17) is 26.8 Å². The number of hydrogen-bond acceptors (Lipinski definition) is 4. The van der Waals surface area contributed by atoms with Crippen LogP contribution >= 0.6 is 27.5 Å². The van der Waals surface area contributed by atoms with Gasteiger partial charge < -0.3 is 20.5 Å². The van der Waals surface area contributed by atoms with Gasteiger partial charge in [0.25, 0.3) is 5.91 Å². The van der Waals surface area contributed by atoms with Crippen LogP contribution in [0.15, 0.2) is 34.8 Å². The summed E-state index contributed by atoms with van der Waals surface area (Å²) < 4.78 is 11.2. The molecule has 0 radical (unpaired) electrons. The highest BCUT2D eigenvalue weighted by atomic mass is 79.9. The molecule has 0 spiro atoms. The third-order valence-electron chi connectivity index (χ3n) is 2.89. The molecule has 1 amide bonds. The van der Waals surface area contributed by atoms with Crippen LogP contribution < -0.4 is 20.5 Å². The van der Waals surface area contributed by atoms with Crippen LogP contribution in [0.1, 0.15) is 10.4 Å². The molecule has 0 bridgehead atoms. The van der Waals surface area contributed by atoms with Gasteiger partial charge >= 0.3 is 0 Å². The lowest BCUT2D eigenvalue weighted by atomic mass is 10.2. The van der Waals surface area contributed by atoms with E-state index in [2.05, 4.69) is 21.2 Å². The maximum Gasteiger partial charge on any atom is 0.255 e. The number of ether oxygens (including phenoxy) is 2. The molecular weight excluding hydrogens is 360 g/mol. The second-order valence-electron chi connectivity index (χ2n) is 4.41. The van der Waals surface area contributed by atoms with Crippen molar-refractivity contribution in [3.63, 3.8) is 0 Å². The Morgan fingerprint density at radius 3 is 2.62 bits per heavy atom. The third-order valence-corrected chi connectivity index (χ3v) is 3.66. The first kappa shape index (κ1) is 14.0. The number of nitrogens with one attached hydrogen (secondary N) is 1. The van der Waals surface area contributed by atoms with Gasteiger partial charge in [-0.25, -0.2) is 0 Å². The van der Waals surface area contributed by atoms with Crippen molar-refractivity contribution in [3.05, 3.63) is 45.4 Å². The molecule has 0 saturated heterocycles. The monoisotopic (exact) mass is 368 g/mol. The Balaban J connectivity index is 1.88. The molecular formula is C14H10BrClN2O3. The molecule has 5 nitrogen and oxygen atoms in total. The fourth-order valence-corrected chi connectivity index (χ4v) is 2.66. The van der Waals surface area contributed by atoms with E-state index in [1.165, 1.54) is 0 Å². The van der Waals surface area contributed by atoms with Gasteiger partial charge in [0.05, 0.1) is 10.7 Å². The number of fused-ring (bicyclic) bond motifs is 1. The summed E-state index contributed by atoms with van der Waals surface area (Å²) in [5.41, 5.74) is 7.09. The van der Waals surface area contributed by atoms with Crippen LogP contribution in [0.2, 0.25) is 5.02 Å². The van der Waals surface area contributed by atoms with Crippen molar-refractivity contribution in [1.82, 2.24) is 0 Å². The molecule has 2 aromatic rings. The summed E-state index contributed by atoms with van der Waals surface area (Å²) in [6, 6.07) is 8.20. The molecule has 3 N–H and O–H groups in total. The topological polar surface area (TPSA) is 73.6 Å². The molecule has 21 heavy (non-hydrogen) atoms. The van der Waals surface area contributed by atoms with Gasteiger partial charge in [-0.1, -0.05) is 27.5 Å². The minimum atomic E-state index is -0.316. The van der Waals surface area contributed by atoms with Crippen molar-refractivity contribution in [1.29, 1.82) is 0 Å². The maximum atomic E-state index is 12.3. The highest BCUT2D eigenvalue weighted by Crippen LogP contribution is 2.39. The maximum absolute atomic E-state index is 12.3. The first-order valence-electron chi connectivity index (χ1n) is 5.99. The van der Waals surface area contributed by atoms with E-state index in [-0.39, 0.29) is 12.7 Å². The number of carbonyl (C=O) groups excluding carboxylic acids is 1. The number of benzene rings is 2. The Morgan fingerprint density at radius 2 is 1.90 bits per heavy atom. The van der Waals surface area contributed by atoms with Crippen LogP contribution in [-0.4, -0.2) is 12.7 Å². The predicted molar refractivity (Wildman–Crippen MR) is 84.1 cm³/mol. The van der Waals surface area contributed by atoms with Gasteiger partial charge in [0, 0.05) is 27.9 Å². The number of nitrogen functional groups attached to an aromatic ring is 1. The number of halogens is 2. The lowest BCUT2D eigenvalue weighted by Crippen LogP contribution is -2.12. The minimum absolute atomic E-state index is 0.144. The molecule has 108 valence electrons. The number of anilines is 2. The van der Waals surface area contributed by atoms with Gasteiger partial charge in [-0.05, 0) is 18.2 Å². The zero-order valence-electron chi connectivity index (χ0n) is 10.7. The highest BCUT2D eigenvalue weighted by molar-refractivity contribution is 9.10. The molecule has 3 rings (SSSR count). The summed E-state index contributed by atoms with van der Waals surface area (Å²) in [5.74, 6) is 0.789. The van der Waals surface area contributed by atoms with Crippen LogP contribution in [-0.2, 0) is 0 Å². The molecule has 2 aromatic carbocycles. The van der Waals surface area contributed by atoms with E-state index in [0.717, 1.165) is 4.47 Å². The second-order valence-corrected chi connectivity index (χ2v) is 5.74. The fourth-order valence-electron chi connectivity index (χ4n) is 1.95. The first-order valence-corrected chi connectivity index (χ1v) is 7.16. The summed E-state index contributed by atoms with van der Waals surface area (Å²) in [4.78, 5) is 12.3. The fraction of sp³-hybridized carbons (Fsp3) is 0.0714. The predicted octanol–water partition coefficient (Wildman–Crippen LogP) is 3.67. The molecule has 1 aliphatic heterocycles. The number of hydrogen-bond donors (Lipinski definition) is 2. The Morgan fingerprint density at radius 1 is 1.19 bits per heavy atom. The van der Waals surface area contributed by atoms with Gasteiger partial charge in [0.2, 0.25) is 6.79 Å². The van der Waals surface area contributed by atoms with Crippen LogP contribution in [0.3, 0.4) is 0 Å². The van der Waals surface area contributed by atoms with Crippen LogP contribution in [0.5, 0.6) is 11.5 Å². The lowest BCUT2D eigenvalue weighted by molar-refractivity contribution is 0.102. The quantitative estimate of drug-likeness (QED) is 0.792. The molecule has 0 atom stereocenters. The Bertz CT molecular complexity index is 716. The van der Waals surface area contributed by atoms with Crippen molar-refractivity contribution in [2.75, 3.05) is 17.8 Å². The Hall–Kier alpha value is -1.92. The van der Waals surface area contributed by atoms with E-state index in [1.807, 2.05) is 0 Å². The number of rotatable bonds is 2. The molecule has 0 aliphatic carbocycles. The van der Waals surface area contributed by atoms with Gasteiger partial charge in [-0.2, -0.15) is 0 Å². The summed E-state index contributed by atoms with van der Waals surface area (Å²) in [6.45, 7) is 0.144. The lowest BCUT2D eigenvalue weighted by Gasteiger charge is -2.09. The Kier molecular flexibility index (Phi) is 3.65. The van der Waals surface area contributed by atoms with Crippen LogP contribution in [0.4, 0.5) is 11.4 Å². The van der Waals surface area contributed by atoms with Crippen molar-refractivity contribution in [2.24, 2.45) is 0 Å². The van der Waals surface area contributed by atoms with E-state index < -0.39 is 0 Å². The highest BCUT2D eigenvalue weighted by Gasteiger charge is 2.18. The molecule has 0 saturated carbocycles. The number of carbonyl (C=O) groups is 1. The third kappa shape index (κ3) is 2.91. The Labute approximate surface area is 134 Å². The van der Waals surface area contributed by atoms with Crippen LogP contribution in [0.25, 0.3) is 0 Å². The zero-order valence-corrected chi connectivity index (χ0v) is 13.0. The van der Waals surface area contributed by atoms with Crippen molar-refractivity contribution in [2.45, 2.75) is 0 Å². The largest absolute Gasteiger partial charge is 0.454 e. The zero-order chi connectivity index (χ0) is 15.0. The summed E-state index contributed by atoms with van der Waals surface area (Å²) in [7, 11) is 0. The smallest absolute Gasteiger partial charge is 0.255 e. The van der Waals surface area contributed by atoms with Gasteiger partial charge in [0.1, 0.15) is 0 Å². The molecule has 0 aromatic heterocycles. The standard InChI is InChI=1S/C14H10BrClN2O3/c15-8-1-7(2-9(17)3-8)14(19)18-11-5-13-12(4-10(11)16)20-6-21-13/h1-5H,6,17H2,(H,18,19). The number of nitrogens with two attached hydrogens (primary N) is 1. The van der Waals surface area contributed by atoms with E-state index in [9.17, 15) is 4.79 Å². The van der Waals surface area contributed by atoms with E-state index in [0.29, 0.717) is 33.5 Å². The molecule has 1 heterocycles. The molecule has 1 aliphatic rings. The normalized spacial score (nSPS) is 12.3. The molecule has 0 unspecified atom stereocenters. The number of amides is 1. The SMILES string of the molecule is Nc1cc(Br)cc(C(=O)Nc2cc3c(cc2Cl)OCO3)c1. The van der Waals surface area contributed by atoms with Gasteiger partial charge in [0.15, 0.2) is 11.5 Å². The van der Waals surface area contributed by atoms with Gasteiger partial charge in [-0.15, -0.1) is 0 Å². The molecule has 0 fully saturated rings. The summed E-state index contributed by atoms with van der Waals surface area (Å²) in [5, 5.41) is 3.10. The van der Waals surface area contributed by atoms with Crippen molar-refractivity contribution < 1.29 is 14.3 Å². The average Bonchev–Trinajstić information content (AvgIpc) is 2.85. The van der Waals surface area contributed by atoms with E-state index in [1.54, 1.807) is 30.3 Å². The molecule has 7 heteroatoms. The average molecular weight is 370 g/mol. The summed E-state index contributed by atoms with van der Waals surface area (Å²) >= 11 is 9.42. The second kappa shape index (κ2) is 5.46. The minimum Gasteiger partial charge on any atom is -0.454 e.